The first-order chi connectivity index (χ1) is 17.6. The van der Waals surface area contributed by atoms with E-state index in [2.05, 4.69) is 46.6 Å². The molecule has 9 heteroatoms. The molecular formula is C28H31N3O5S. The molecule has 1 aliphatic heterocycles. The number of nitrogens with one attached hydrogen (secondary N) is 1. The molecule has 1 aliphatic rings. The third-order valence-electron chi connectivity index (χ3n) is 6.81. The molecule has 1 aromatic heterocycles. The van der Waals surface area contributed by atoms with Crippen molar-refractivity contribution in [2.75, 3.05) is 25.5 Å². The van der Waals surface area contributed by atoms with Crippen molar-refractivity contribution >= 4 is 39.3 Å². The molecule has 0 spiro atoms. The van der Waals surface area contributed by atoms with E-state index in [-0.39, 0.29) is 12.1 Å². The molecule has 2 heterocycles. The lowest BCUT2D eigenvalue weighted by Gasteiger charge is -2.39. The topological polar surface area (TPSA) is 126 Å². The van der Waals surface area contributed by atoms with Gasteiger partial charge in [0.1, 0.15) is 23.9 Å². The first-order valence-corrected chi connectivity index (χ1v) is 12.8. The number of hydrogen-bond acceptors (Lipinski definition) is 8. The Balaban J connectivity index is 1.50. The minimum atomic E-state index is -1.27. The molecule has 0 bridgehead atoms. The number of allylic oxidation sites excluding steroid dienone is 1. The predicted octanol–water partition coefficient (Wildman–Crippen LogP) is 3.12. The van der Waals surface area contributed by atoms with Gasteiger partial charge in [0, 0.05) is 42.0 Å². The molecular weight excluding hydrogens is 490 g/mol. The number of fused-ring (bicyclic) bond motifs is 1. The molecule has 37 heavy (non-hydrogen) atoms. The maximum absolute atomic E-state index is 12.8. The molecule has 4 N–H and O–H groups in total. The highest BCUT2D eigenvalue weighted by atomic mass is 32.1. The zero-order chi connectivity index (χ0) is 26.9. The van der Waals surface area contributed by atoms with Crippen LogP contribution >= 0.6 is 11.3 Å². The van der Waals surface area contributed by atoms with Crippen molar-refractivity contribution < 1.29 is 24.9 Å². The zero-order valence-corrected chi connectivity index (χ0v) is 22.0. The van der Waals surface area contributed by atoms with Crippen LogP contribution in [0.15, 0.2) is 54.1 Å². The average molecular weight is 522 g/mol. The third-order valence-corrected chi connectivity index (χ3v) is 8.07. The minimum Gasteiger partial charge on any atom is -0.390 e. The van der Waals surface area contributed by atoms with E-state index in [0.717, 1.165) is 31.8 Å². The van der Waals surface area contributed by atoms with Crippen LogP contribution in [0.2, 0.25) is 0 Å². The van der Waals surface area contributed by atoms with Gasteiger partial charge in [-0.3, -0.25) is 4.79 Å². The maximum Gasteiger partial charge on any atom is 0.262 e. The molecule has 1 amide bonds. The van der Waals surface area contributed by atoms with E-state index in [4.69, 9.17) is 4.74 Å². The zero-order valence-electron chi connectivity index (χ0n) is 21.2. The molecule has 2 aromatic carbocycles. The SMILES string of the molecule is C/C(=C(/C#N)C(=O)NC[C@H]1OC(O)[C@H](C)[C@@H](O)[C@@H]1O)c1ccc(-c2ccc3cc(N(C)C)ccc3c2)s1. The summed E-state index contributed by atoms with van der Waals surface area (Å²) < 4.78 is 5.32. The van der Waals surface area contributed by atoms with Gasteiger partial charge in [0.2, 0.25) is 0 Å². The van der Waals surface area contributed by atoms with Crippen molar-refractivity contribution in [3.8, 4) is 16.5 Å². The van der Waals surface area contributed by atoms with Crippen LogP contribution in [0.4, 0.5) is 5.69 Å². The van der Waals surface area contributed by atoms with Gasteiger partial charge in [-0.25, -0.2) is 0 Å². The van der Waals surface area contributed by atoms with Crippen LogP contribution in [0, 0.1) is 17.2 Å². The summed E-state index contributed by atoms with van der Waals surface area (Å²) in [5.41, 5.74) is 2.66. The van der Waals surface area contributed by atoms with Crippen LogP contribution in [0.5, 0.6) is 0 Å². The van der Waals surface area contributed by atoms with Gasteiger partial charge in [-0.1, -0.05) is 25.1 Å². The number of nitriles is 1. The van der Waals surface area contributed by atoms with Gasteiger partial charge in [0.15, 0.2) is 6.29 Å². The van der Waals surface area contributed by atoms with Crippen molar-refractivity contribution in [2.45, 2.75) is 38.4 Å². The Kier molecular flexibility index (Phi) is 7.97. The van der Waals surface area contributed by atoms with Crippen molar-refractivity contribution in [3.05, 3.63) is 59.0 Å². The van der Waals surface area contributed by atoms with Gasteiger partial charge in [-0.05, 0) is 59.2 Å². The molecule has 4 rings (SSSR count). The van der Waals surface area contributed by atoms with E-state index in [1.165, 1.54) is 11.3 Å². The number of aliphatic hydroxyl groups excluding tert-OH is 3. The maximum atomic E-state index is 12.8. The molecule has 0 radical (unpaired) electrons. The molecule has 8 nitrogen and oxygen atoms in total. The number of anilines is 1. The number of aliphatic hydroxyl groups is 3. The van der Waals surface area contributed by atoms with Crippen LogP contribution in [0.3, 0.4) is 0 Å². The van der Waals surface area contributed by atoms with Gasteiger partial charge in [0.05, 0.1) is 6.10 Å². The summed E-state index contributed by atoms with van der Waals surface area (Å²) in [5, 5.41) is 44.8. The quantitative estimate of drug-likeness (QED) is 0.290. The fourth-order valence-corrected chi connectivity index (χ4v) is 5.33. The average Bonchev–Trinajstić information content (AvgIpc) is 3.39. The highest BCUT2D eigenvalue weighted by molar-refractivity contribution is 7.16. The first-order valence-electron chi connectivity index (χ1n) is 12.0. The predicted molar refractivity (Wildman–Crippen MR) is 145 cm³/mol. The summed E-state index contributed by atoms with van der Waals surface area (Å²) in [6, 6.07) is 18.4. The van der Waals surface area contributed by atoms with Crippen molar-refractivity contribution in [1.82, 2.24) is 5.32 Å². The smallest absolute Gasteiger partial charge is 0.262 e. The second-order valence-electron chi connectivity index (χ2n) is 9.53. The lowest BCUT2D eigenvalue weighted by atomic mass is 9.92. The number of carbonyl (C=O) groups is 1. The summed E-state index contributed by atoms with van der Waals surface area (Å²) in [7, 11) is 4.02. The fraction of sp³-hybridized carbons (Fsp3) is 0.357. The van der Waals surface area contributed by atoms with Crippen molar-refractivity contribution in [2.24, 2.45) is 5.92 Å². The van der Waals surface area contributed by atoms with E-state index in [1.54, 1.807) is 13.8 Å². The monoisotopic (exact) mass is 521 g/mol. The number of amides is 1. The van der Waals surface area contributed by atoms with Crippen LogP contribution in [-0.2, 0) is 9.53 Å². The first kappa shape index (κ1) is 26.8. The minimum absolute atomic E-state index is 0.0529. The number of rotatable bonds is 6. The summed E-state index contributed by atoms with van der Waals surface area (Å²) in [4.78, 5) is 16.7. The van der Waals surface area contributed by atoms with Crippen molar-refractivity contribution in [1.29, 1.82) is 5.26 Å². The summed E-state index contributed by atoms with van der Waals surface area (Å²) >= 11 is 1.49. The Morgan fingerprint density at radius 2 is 1.78 bits per heavy atom. The lowest BCUT2D eigenvalue weighted by molar-refractivity contribution is -0.258. The van der Waals surface area contributed by atoms with E-state index in [1.807, 2.05) is 32.3 Å². The molecule has 1 fully saturated rings. The molecule has 3 aromatic rings. The Hall–Kier alpha value is -3.26. The Morgan fingerprint density at radius 3 is 2.49 bits per heavy atom. The molecule has 5 atom stereocenters. The van der Waals surface area contributed by atoms with E-state index in [9.17, 15) is 25.4 Å². The molecule has 1 saturated heterocycles. The Morgan fingerprint density at radius 1 is 1.08 bits per heavy atom. The van der Waals surface area contributed by atoms with Crippen LogP contribution in [0.25, 0.3) is 26.8 Å². The fourth-order valence-electron chi connectivity index (χ4n) is 4.32. The lowest BCUT2D eigenvalue weighted by Crippen LogP contribution is -2.56. The van der Waals surface area contributed by atoms with Crippen LogP contribution in [0.1, 0.15) is 18.7 Å². The summed E-state index contributed by atoms with van der Waals surface area (Å²) in [6.45, 7) is 3.11. The highest BCUT2D eigenvalue weighted by Crippen LogP contribution is 2.35. The normalized spacial score (nSPS) is 24.3. The second-order valence-corrected chi connectivity index (χ2v) is 10.6. The third kappa shape index (κ3) is 5.54. The van der Waals surface area contributed by atoms with Gasteiger partial charge < -0.3 is 30.3 Å². The van der Waals surface area contributed by atoms with Gasteiger partial charge >= 0.3 is 0 Å². The largest absolute Gasteiger partial charge is 0.390 e. The number of hydrogen-bond donors (Lipinski definition) is 4. The van der Waals surface area contributed by atoms with Crippen molar-refractivity contribution in [3.63, 3.8) is 0 Å². The van der Waals surface area contributed by atoms with E-state index >= 15 is 0 Å². The second kappa shape index (κ2) is 11.0. The van der Waals surface area contributed by atoms with Crippen LogP contribution in [-0.4, -0.2) is 66.5 Å². The Labute approximate surface area is 220 Å². The van der Waals surface area contributed by atoms with E-state index in [0.29, 0.717) is 5.57 Å². The number of carbonyl (C=O) groups excluding carboxylic acids is 1. The molecule has 1 unspecified atom stereocenters. The Bertz CT molecular complexity index is 1380. The summed E-state index contributed by atoms with van der Waals surface area (Å²) in [6.07, 6.45) is -4.72. The summed E-state index contributed by atoms with van der Waals surface area (Å²) in [5.74, 6) is -1.28. The number of benzene rings is 2. The highest BCUT2D eigenvalue weighted by Gasteiger charge is 2.41. The molecule has 194 valence electrons. The van der Waals surface area contributed by atoms with Gasteiger partial charge in [-0.2, -0.15) is 5.26 Å². The molecule has 0 aliphatic carbocycles. The number of thiophene rings is 1. The molecule has 0 saturated carbocycles. The number of ether oxygens (including phenoxy) is 1. The van der Waals surface area contributed by atoms with Crippen LogP contribution < -0.4 is 10.2 Å². The van der Waals surface area contributed by atoms with Gasteiger partial charge in [-0.15, -0.1) is 11.3 Å². The standard InChI is InChI=1S/C28H31N3O5S/c1-15(21(13-29)27(34)30-14-22-26(33)25(32)16(2)28(35)36-22)23-9-10-24(37-23)19-6-5-18-12-20(31(3)4)8-7-17(18)11-19/h5-12,16,22,25-26,28,32-33,35H,14H2,1-4H3,(H,30,34)/b21-15+/t16-,22-,25-,26-,28?/m1/s1. The number of nitrogens with zero attached hydrogens (tertiary/aromatic N) is 2. The van der Waals surface area contributed by atoms with E-state index < -0.39 is 36.4 Å². The van der Waals surface area contributed by atoms with Gasteiger partial charge in [0.25, 0.3) is 5.91 Å².